The molecule has 1 aromatic rings. The third-order valence-corrected chi connectivity index (χ3v) is 3.36. The molecule has 1 rings (SSSR count). The van der Waals surface area contributed by atoms with Crippen LogP contribution in [-0.4, -0.2) is 22.5 Å². The van der Waals surface area contributed by atoms with Crippen molar-refractivity contribution in [3.05, 3.63) is 35.4 Å². The van der Waals surface area contributed by atoms with E-state index in [1.54, 1.807) is 13.8 Å². The smallest absolute Gasteiger partial charge is 0.329 e. The summed E-state index contributed by atoms with van der Waals surface area (Å²) in [5, 5.41) is 11.6. The van der Waals surface area contributed by atoms with Crippen LogP contribution >= 0.6 is 0 Å². The average molecular weight is 285 g/mol. The number of rotatable bonds is 6. The number of amides is 1. The van der Waals surface area contributed by atoms with Crippen molar-refractivity contribution in [1.29, 1.82) is 0 Å². The molecule has 0 aromatic heterocycles. The minimum atomic E-state index is -1.35. The van der Waals surface area contributed by atoms with Crippen LogP contribution in [0.4, 0.5) is 8.78 Å². The van der Waals surface area contributed by atoms with Gasteiger partial charge in [-0.25, -0.2) is 13.6 Å². The molecule has 6 heteroatoms. The van der Waals surface area contributed by atoms with Crippen LogP contribution in [0.25, 0.3) is 0 Å². The van der Waals surface area contributed by atoms with Crippen LogP contribution in [0.1, 0.15) is 32.3 Å². The molecule has 0 radical (unpaired) electrons. The number of aliphatic carboxylic acids is 1. The molecule has 2 N–H and O–H groups in total. The molecule has 0 aliphatic carbocycles. The van der Waals surface area contributed by atoms with Crippen LogP contribution in [0, 0.1) is 11.6 Å². The average Bonchev–Trinajstić information content (AvgIpc) is 2.39. The Labute approximate surface area is 115 Å². The Bertz CT molecular complexity index is 513. The van der Waals surface area contributed by atoms with Crippen molar-refractivity contribution in [2.45, 2.75) is 38.6 Å². The molecule has 4 nitrogen and oxygen atoms in total. The van der Waals surface area contributed by atoms with Gasteiger partial charge in [-0.1, -0.05) is 19.9 Å². The summed E-state index contributed by atoms with van der Waals surface area (Å²) in [6, 6.07) is 2.91. The molecule has 0 fully saturated rings. The van der Waals surface area contributed by atoms with Gasteiger partial charge in [-0.3, -0.25) is 4.79 Å². The molecule has 0 spiro atoms. The van der Waals surface area contributed by atoms with E-state index in [2.05, 4.69) is 5.32 Å². The Balaban J connectivity index is 2.83. The van der Waals surface area contributed by atoms with Crippen molar-refractivity contribution in [2.75, 3.05) is 0 Å². The Morgan fingerprint density at radius 3 is 2.30 bits per heavy atom. The molecule has 0 saturated carbocycles. The molecule has 0 aliphatic heterocycles. The maximum atomic E-state index is 13.4. The van der Waals surface area contributed by atoms with Gasteiger partial charge in [0.25, 0.3) is 0 Å². The van der Waals surface area contributed by atoms with Crippen molar-refractivity contribution in [2.24, 2.45) is 0 Å². The maximum Gasteiger partial charge on any atom is 0.329 e. The van der Waals surface area contributed by atoms with Crippen molar-refractivity contribution in [3.8, 4) is 0 Å². The highest BCUT2D eigenvalue weighted by Gasteiger charge is 2.36. The van der Waals surface area contributed by atoms with E-state index in [0.717, 1.165) is 6.07 Å². The minimum absolute atomic E-state index is 0.0235. The first kappa shape index (κ1) is 16.1. The van der Waals surface area contributed by atoms with Gasteiger partial charge in [-0.05, 0) is 24.5 Å². The van der Waals surface area contributed by atoms with Gasteiger partial charge in [0.05, 0.1) is 6.42 Å². The first-order chi connectivity index (χ1) is 9.34. The molecule has 0 heterocycles. The first-order valence-corrected chi connectivity index (χ1v) is 6.33. The summed E-state index contributed by atoms with van der Waals surface area (Å²) < 4.78 is 26.2. The van der Waals surface area contributed by atoms with Crippen LogP contribution in [0.15, 0.2) is 18.2 Å². The van der Waals surface area contributed by atoms with E-state index in [0.29, 0.717) is 6.07 Å². The molecule has 20 heavy (non-hydrogen) atoms. The number of carbonyl (C=O) groups is 2. The molecule has 0 aliphatic rings. The predicted molar refractivity (Wildman–Crippen MR) is 69.2 cm³/mol. The summed E-state index contributed by atoms with van der Waals surface area (Å²) in [4.78, 5) is 23.1. The number of carboxylic acid groups (broad SMARTS) is 1. The lowest BCUT2D eigenvalue weighted by molar-refractivity contribution is -0.148. The van der Waals surface area contributed by atoms with Gasteiger partial charge in [-0.2, -0.15) is 0 Å². The van der Waals surface area contributed by atoms with Crippen molar-refractivity contribution in [1.82, 2.24) is 5.32 Å². The number of carboxylic acids is 1. The van der Waals surface area contributed by atoms with Gasteiger partial charge >= 0.3 is 5.97 Å². The standard InChI is InChI=1S/C14H17F2NO3/c1-3-14(4-2,13(19)20)17-12(18)7-9-5-6-10(15)8-11(9)16/h5-6,8H,3-4,7H2,1-2H3,(H,17,18)(H,19,20). The molecule has 110 valence electrons. The lowest BCUT2D eigenvalue weighted by Gasteiger charge is -2.28. The Morgan fingerprint density at radius 1 is 1.25 bits per heavy atom. The van der Waals surface area contributed by atoms with Crippen molar-refractivity contribution >= 4 is 11.9 Å². The second-order valence-electron chi connectivity index (χ2n) is 4.56. The number of hydrogen-bond acceptors (Lipinski definition) is 2. The van der Waals surface area contributed by atoms with Crippen LogP contribution in [-0.2, 0) is 16.0 Å². The highest BCUT2D eigenvalue weighted by Crippen LogP contribution is 2.16. The van der Waals surface area contributed by atoms with E-state index >= 15 is 0 Å². The topological polar surface area (TPSA) is 66.4 Å². The zero-order valence-electron chi connectivity index (χ0n) is 11.4. The Morgan fingerprint density at radius 2 is 1.85 bits per heavy atom. The minimum Gasteiger partial charge on any atom is -0.480 e. The predicted octanol–water partition coefficient (Wildman–Crippen LogP) is 2.27. The maximum absolute atomic E-state index is 13.4. The highest BCUT2D eigenvalue weighted by molar-refractivity contribution is 5.87. The van der Waals surface area contributed by atoms with Crippen LogP contribution in [0.3, 0.4) is 0 Å². The SMILES string of the molecule is CCC(CC)(NC(=O)Cc1ccc(F)cc1F)C(=O)O. The van der Waals surface area contributed by atoms with Gasteiger partial charge in [-0.15, -0.1) is 0 Å². The molecular formula is C14H17F2NO3. The fraction of sp³-hybridized carbons (Fsp3) is 0.429. The summed E-state index contributed by atoms with van der Waals surface area (Å²) in [5.74, 6) is -3.29. The first-order valence-electron chi connectivity index (χ1n) is 6.33. The monoisotopic (exact) mass is 285 g/mol. The molecule has 0 atom stereocenters. The second-order valence-corrected chi connectivity index (χ2v) is 4.56. The summed E-state index contributed by atoms with van der Waals surface area (Å²) in [7, 11) is 0. The highest BCUT2D eigenvalue weighted by atomic mass is 19.1. The quantitative estimate of drug-likeness (QED) is 0.842. The Hall–Kier alpha value is -1.98. The second kappa shape index (κ2) is 6.45. The third-order valence-electron chi connectivity index (χ3n) is 3.36. The number of halogens is 2. The van der Waals surface area contributed by atoms with Gasteiger partial charge in [0, 0.05) is 6.07 Å². The number of carbonyl (C=O) groups excluding carboxylic acids is 1. The fourth-order valence-corrected chi connectivity index (χ4v) is 1.93. The van der Waals surface area contributed by atoms with Crippen LogP contribution in [0.2, 0.25) is 0 Å². The molecule has 0 saturated heterocycles. The molecular weight excluding hydrogens is 268 g/mol. The molecule has 1 amide bonds. The molecule has 0 unspecified atom stereocenters. The van der Waals surface area contributed by atoms with E-state index in [-0.39, 0.29) is 24.8 Å². The van der Waals surface area contributed by atoms with E-state index in [1.807, 2.05) is 0 Å². The third kappa shape index (κ3) is 3.53. The van der Waals surface area contributed by atoms with E-state index in [1.165, 1.54) is 6.07 Å². The summed E-state index contributed by atoms with van der Waals surface area (Å²) >= 11 is 0. The van der Waals surface area contributed by atoms with E-state index in [4.69, 9.17) is 0 Å². The molecule has 1 aromatic carbocycles. The lowest BCUT2D eigenvalue weighted by Crippen LogP contribution is -2.54. The van der Waals surface area contributed by atoms with Gasteiger partial charge < -0.3 is 10.4 Å². The van der Waals surface area contributed by atoms with Gasteiger partial charge in [0.1, 0.15) is 17.2 Å². The van der Waals surface area contributed by atoms with Crippen LogP contribution in [0.5, 0.6) is 0 Å². The van der Waals surface area contributed by atoms with E-state index < -0.39 is 29.0 Å². The zero-order chi connectivity index (χ0) is 15.3. The van der Waals surface area contributed by atoms with E-state index in [9.17, 15) is 23.5 Å². The number of benzene rings is 1. The number of hydrogen-bond donors (Lipinski definition) is 2. The summed E-state index contributed by atoms with van der Waals surface area (Å²) in [6.45, 7) is 3.30. The fourth-order valence-electron chi connectivity index (χ4n) is 1.93. The Kier molecular flexibility index (Phi) is 5.19. The van der Waals surface area contributed by atoms with Crippen LogP contribution < -0.4 is 5.32 Å². The summed E-state index contributed by atoms with van der Waals surface area (Å²) in [6.07, 6.45) is 0.105. The molecule has 0 bridgehead atoms. The lowest BCUT2D eigenvalue weighted by atomic mass is 9.92. The summed E-state index contributed by atoms with van der Waals surface area (Å²) in [5.41, 5.74) is -1.33. The normalized spacial score (nSPS) is 11.2. The van der Waals surface area contributed by atoms with Gasteiger partial charge in [0.2, 0.25) is 5.91 Å². The van der Waals surface area contributed by atoms with Gasteiger partial charge in [0.15, 0.2) is 0 Å². The largest absolute Gasteiger partial charge is 0.480 e. The van der Waals surface area contributed by atoms with Crippen molar-refractivity contribution < 1.29 is 23.5 Å². The zero-order valence-corrected chi connectivity index (χ0v) is 11.4. The number of nitrogens with one attached hydrogen (secondary N) is 1. The van der Waals surface area contributed by atoms with Crippen molar-refractivity contribution in [3.63, 3.8) is 0 Å².